The molecule has 0 unspecified atom stereocenters. The van der Waals surface area contributed by atoms with Crippen molar-refractivity contribution in [2.75, 3.05) is 31.1 Å². The van der Waals surface area contributed by atoms with Gasteiger partial charge in [-0.05, 0) is 48.5 Å². The van der Waals surface area contributed by atoms with Gasteiger partial charge in [-0.2, -0.15) is 4.99 Å². The van der Waals surface area contributed by atoms with Crippen molar-refractivity contribution in [2.24, 2.45) is 4.99 Å². The van der Waals surface area contributed by atoms with Crippen LogP contribution in [0.5, 0.6) is 5.75 Å². The molecule has 8 nitrogen and oxygen atoms in total. The van der Waals surface area contributed by atoms with Crippen LogP contribution in [0.25, 0.3) is 6.08 Å². The normalized spacial score (nSPS) is 18.1. The van der Waals surface area contributed by atoms with Crippen LogP contribution in [0.3, 0.4) is 0 Å². The third-order valence-corrected chi connectivity index (χ3v) is 6.10. The highest BCUT2D eigenvalue weighted by Gasteiger charge is 2.28. The highest BCUT2D eigenvalue weighted by atomic mass is 32.2. The van der Waals surface area contributed by atoms with E-state index in [1.165, 1.54) is 41.2 Å². The summed E-state index contributed by atoms with van der Waals surface area (Å²) >= 11 is 1.27. The van der Waals surface area contributed by atoms with Crippen molar-refractivity contribution in [1.82, 2.24) is 4.90 Å². The molecular weight excluding hydrogens is 404 g/mol. The Kier molecular flexibility index (Phi) is 5.45. The molecule has 1 fully saturated rings. The van der Waals surface area contributed by atoms with E-state index >= 15 is 0 Å². The van der Waals surface area contributed by atoms with Gasteiger partial charge in [0.1, 0.15) is 0 Å². The molecule has 2 aromatic carbocycles. The Morgan fingerprint density at radius 2 is 1.77 bits per heavy atom. The zero-order chi connectivity index (χ0) is 21.3. The van der Waals surface area contributed by atoms with Crippen molar-refractivity contribution in [3.63, 3.8) is 0 Å². The number of nitrogens with zero attached hydrogens (tertiary/aromatic N) is 4. The third-order valence-electron chi connectivity index (χ3n) is 5.05. The Labute approximate surface area is 177 Å². The Hall–Kier alpha value is -3.33. The minimum atomic E-state index is -0.656. The summed E-state index contributed by atoms with van der Waals surface area (Å²) in [6.45, 7) is 5.24. The number of amides is 1. The van der Waals surface area contributed by atoms with Crippen LogP contribution in [0.1, 0.15) is 11.1 Å². The van der Waals surface area contributed by atoms with Crippen LogP contribution in [0, 0.1) is 17.0 Å². The molecule has 2 heterocycles. The number of amidine groups is 1. The predicted molar refractivity (Wildman–Crippen MR) is 118 cm³/mol. The smallest absolute Gasteiger partial charge is 0.311 e. The van der Waals surface area contributed by atoms with E-state index in [1.54, 1.807) is 6.08 Å². The minimum Gasteiger partial charge on any atom is -0.502 e. The highest BCUT2D eigenvalue weighted by molar-refractivity contribution is 8.18. The number of carbonyl (C=O) groups excluding carboxylic acids is 1. The molecule has 4 rings (SSSR count). The zero-order valence-corrected chi connectivity index (χ0v) is 17.1. The monoisotopic (exact) mass is 424 g/mol. The standard InChI is InChI=1S/C21H20N4O4S/c1-14-2-5-16(6-3-14)23-8-10-24(11-9-23)21-22-20(27)19(30-21)13-15-4-7-18(26)17(12-15)25(28)29/h2-7,12-13,26H,8-11H2,1H3/b19-13-. The van der Waals surface area contributed by atoms with Crippen molar-refractivity contribution in [2.45, 2.75) is 6.92 Å². The van der Waals surface area contributed by atoms with Gasteiger partial charge < -0.3 is 14.9 Å². The maximum Gasteiger partial charge on any atom is 0.311 e. The van der Waals surface area contributed by atoms with Crippen LogP contribution in [0.2, 0.25) is 0 Å². The number of nitro groups is 1. The Bertz CT molecular complexity index is 1060. The minimum absolute atomic E-state index is 0.355. The first-order valence-corrected chi connectivity index (χ1v) is 10.3. The molecule has 0 atom stereocenters. The molecule has 1 N–H and O–H groups in total. The largest absolute Gasteiger partial charge is 0.502 e. The van der Waals surface area contributed by atoms with Crippen LogP contribution in [0.4, 0.5) is 11.4 Å². The van der Waals surface area contributed by atoms with Crippen LogP contribution in [-0.2, 0) is 4.79 Å². The number of thioether (sulfide) groups is 1. The summed E-state index contributed by atoms with van der Waals surface area (Å²) in [5.41, 5.74) is 2.49. The van der Waals surface area contributed by atoms with Crippen molar-refractivity contribution in [1.29, 1.82) is 0 Å². The molecule has 2 aromatic rings. The molecule has 0 spiro atoms. The SMILES string of the molecule is Cc1ccc(N2CCN(C3=NC(=O)/C(=C/c4ccc(O)c([N+](=O)[O-])c4)S3)CC2)cc1. The van der Waals surface area contributed by atoms with Gasteiger partial charge in [-0.25, -0.2) is 0 Å². The molecule has 1 saturated heterocycles. The quantitative estimate of drug-likeness (QED) is 0.458. The van der Waals surface area contributed by atoms with E-state index in [9.17, 15) is 20.0 Å². The van der Waals surface area contributed by atoms with Crippen LogP contribution in [0.15, 0.2) is 52.4 Å². The van der Waals surface area contributed by atoms with Gasteiger partial charge in [-0.1, -0.05) is 23.8 Å². The number of aryl methyl sites for hydroxylation is 1. The fourth-order valence-electron chi connectivity index (χ4n) is 3.37. The Morgan fingerprint density at radius 1 is 1.10 bits per heavy atom. The van der Waals surface area contributed by atoms with E-state index in [1.807, 2.05) is 0 Å². The molecular formula is C21H20N4O4S. The van der Waals surface area contributed by atoms with Gasteiger partial charge in [-0.15, -0.1) is 0 Å². The highest BCUT2D eigenvalue weighted by Crippen LogP contribution is 2.33. The molecule has 0 aliphatic carbocycles. The van der Waals surface area contributed by atoms with E-state index in [0.717, 1.165) is 26.2 Å². The molecule has 0 radical (unpaired) electrons. The fourth-order valence-corrected chi connectivity index (χ4v) is 4.34. The second-order valence-electron chi connectivity index (χ2n) is 7.13. The van der Waals surface area contributed by atoms with Gasteiger partial charge in [0.25, 0.3) is 5.91 Å². The molecule has 154 valence electrons. The summed E-state index contributed by atoms with van der Waals surface area (Å²) in [6, 6.07) is 12.5. The van der Waals surface area contributed by atoms with Crippen LogP contribution in [-0.4, -0.2) is 52.2 Å². The summed E-state index contributed by atoms with van der Waals surface area (Å²) in [5.74, 6) is -0.761. The summed E-state index contributed by atoms with van der Waals surface area (Å²) in [7, 11) is 0. The number of phenolic OH excluding ortho intramolecular Hbond substituents is 1. The molecule has 9 heteroatoms. The third kappa shape index (κ3) is 4.16. The van der Waals surface area contributed by atoms with Gasteiger partial charge in [0.2, 0.25) is 0 Å². The summed E-state index contributed by atoms with van der Waals surface area (Å²) in [6.07, 6.45) is 1.57. The average Bonchev–Trinajstić information content (AvgIpc) is 3.10. The van der Waals surface area contributed by atoms with Gasteiger partial charge >= 0.3 is 5.69 Å². The Balaban J connectivity index is 1.42. The van der Waals surface area contributed by atoms with E-state index in [-0.39, 0.29) is 5.91 Å². The fraction of sp³-hybridized carbons (Fsp3) is 0.238. The van der Waals surface area contributed by atoms with Gasteiger partial charge in [0.05, 0.1) is 9.83 Å². The number of piperazine rings is 1. The number of phenols is 1. The first-order chi connectivity index (χ1) is 14.4. The lowest BCUT2D eigenvalue weighted by atomic mass is 10.1. The maximum absolute atomic E-state index is 12.3. The predicted octanol–water partition coefficient (Wildman–Crippen LogP) is 3.40. The van der Waals surface area contributed by atoms with Gasteiger partial charge in [-0.3, -0.25) is 14.9 Å². The number of carbonyl (C=O) groups is 1. The van der Waals surface area contributed by atoms with E-state index in [2.05, 4.69) is 46.0 Å². The summed E-state index contributed by atoms with van der Waals surface area (Å²) in [4.78, 5) is 31.7. The molecule has 0 aromatic heterocycles. The Morgan fingerprint density at radius 3 is 2.43 bits per heavy atom. The van der Waals surface area contributed by atoms with Crippen LogP contribution < -0.4 is 4.90 Å². The molecule has 0 bridgehead atoms. The summed E-state index contributed by atoms with van der Waals surface area (Å²) < 4.78 is 0. The van der Waals surface area contributed by atoms with E-state index < -0.39 is 16.4 Å². The van der Waals surface area contributed by atoms with E-state index in [0.29, 0.717) is 15.6 Å². The molecule has 2 aliphatic heterocycles. The van der Waals surface area contributed by atoms with Crippen molar-refractivity contribution in [3.8, 4) is 5.75 Å². The zero-order valence-electron chi connectivity index (χ0n) is 16.3. The average molecular weight is 424 g/mol. The summed E-state index contributed by atoms with van der Waals surface area (Å²) in [5, 5.41) is 21.2. The lowest BCUT2D eigenvalue weighted by molar-refractivity contribution is -0.385. The number of rotatable bonds is 3. The number of aliphatic imine (C=N–C) groups is 1. The first kappa shape index (κ1) is 20.0. The number of anilines is 1. The topological polar surface area (TPSA) is 99.3 Å². The van der Waals surface area contributed by atoms with E-state index in [4.69, 9.17) is 0 Å². The number of hydrogen-bond acceptors (Lipinski definition) is 7. The van der Waals surface area contributed by atoms with Crippen molar-refractivity contribution >= 4 is 40.3 Å². The maximum atomic E-state index is 12.3. The second-order valence-corrected chi connectivity index (χ2v) is 8.13. The van der Waals surface area contributed by atoms with Crippen molar-refractivity contribution in [3.05, 3.63) is 68.6 Å². The molecule has 2 aliphatic rings. The number of hydrogen-bond donors (Lipinski definition) is 1. The van der Waals surface area contributed by atoms with Crippen molar-refractivity contribution < 1.29 is 14.8 Å². The first-order valence-electron chi connectivity index (χ1n) is 9.47. The number of aromatic hydroxyl groups is 1. The lowest BCUT2D eigenvalue weighted by Crippen LogP contribution is -2.47. The van der Waals surface area contributed by atoms with Gasteiger partial charge in [0.15, 0.2) is 10.9 Å². The molecule has 30 heavy (non-hydrogen) atoms. The molecule has 1 amide bonds. The number of nitro benzene ring substituents is 1. The lowest BCUT2D eigenvalue weighted by Gasteiger charge is -2.36. The van der Waals surface area contributed by atoms with Crippen LogP contribution >= 0.6 is 11.8 Å². The second kappa shape index (κ2) is 8.19. The number of benzene rings is 2. The van der Waals surface area contributed by atoms with Gasteiger partial charge in [0, 0.05) is 37.9 Å². The molecule has 0 saturated carbocycles.